The van der Waals surface area contributed by atoms with Gasteiger partial charge in [0.15, 0.2) is 0 Å². The molecule has 1 aromatic rings. The third-order valence-corrected chi connectivity index (χ3v) is 3.16. The summed E-state index contributed by atoms with van der Waals surface area (Å²) in [5.74, 6) is 0.776. The lowest BCUT2D eigenvalue weighted by molar-refractivity contribution is 0.229. The van der Waals surface area contributed by atoms with Gasteiger partial charge in [-0.2, -0.15) is 0 Å². The Balaban J connectivity index is 1.98. The van der Waals surface area contributed by atoms with Gasteiger partial charge in [0, 0.05) is 13.1 Å². The minimum absolute atomic E-state index is 0.446. The van der Waals surface area contributed by atoms with Gasteiger partial charge in [0.05, 0.1) is 0 Å². The molecule has 1 aromatic heterocycles. The molecule has 1 fully saturated rings. The van der Waals surface area contributed by atoms with Crippen molar-refractivity contribution >= 4 is 5.95 Å². The molecule has 84 valence electrons. The predicted molar refractivity (Wildman–Crippen MR) is 58.5 cm³/mol. The van der Waals surface area contributed by atoms with Crippen molar-refractivity contribution in [2.45, 2.75) is 45.6 Å². The van der Waals surface area contributed by atoms with Crippen LogP contribution >= 0.6 is 0 Å². The van der Waals surface area contributed by atoms with E-state index in [1.807, 2.05) is 7.05 Å². The van der Waals surface area contributed by atoms with Gasteiger partial charge in [-0.15, -0.1) is 0 Å². The molecule has 2 rings (SSSR count). The SMILES string of the molecule is Cn1nnnc1NC1CCCC(C)(C)C1. The first-order valence-corrected chi connectivity index (χ1v) is 5.56. The summed E-state index contributed by atoms with van der Waals surface area (Å²) in [6, 6.07) is 0.512. The van der Waals surface area contributed by atoms with Crippen molar-refractivity contribution in [2.24, 2.45) is 12.5 Å². The first-order chi connectivity index (χ1) is 7.07. The second-order valence-corrected chi connectivity index (χ2v) is 5.23. The summed E-state index contributed by atoms with van der Waals surface area (Å²) >= 11 is 0. The third kappa shape index (κ3) is 2.46. The Hall–Kier alpha value is -1.13. The Morgan fingerprint density at radius 2 is 2.27 bits per heavy atom. The summed E-state index contributed by atoms with van der Waals surface area (Å²) < 4.78 is 1.68. The monoisotopic (exact) mass is 209 g/mol. The first kappa shape index (κ1) is 10.4. The molecule has 0 saturated heterocycles. The normalized spacial score (nSPS) is 25.1. The van der Waals surface area contributed by atoms with Crippen molar-refractivity contribution in [2.75, 3.05) is 5.32 Å². The molecule has 1 atom stereocenters. The smallest absolute Gasteiger partial charge is 0.242 e. The van der Waals surface area contributed by atoms with Crippen LogP contribution in [0.15, 0.2) is 0 Å². The number of rotatable bonds is 2. The highest BCUT2D eigenvalue weighted by Gasteiger charge is 2.28. The number of nitrogens with one attached hydrogen (secondary N) is 1. The van der Waals surface area contributed by atoms with Crippen LogP contribution in [0.25, 0.3) is 0 Å². The number of hydrogen-bond donors (Lipinski definition) is 1. The summed E-state index contributed by atoms with van der Waals surface area (Å²) in [7, 11) is 1.86. The maximum absolute atomic E-state index is 3.95. The lowest BCUT2D eigenvalue weighted by atomic mass is 9.75. The highest BCUT2D eigenvalue weighted by molar-refractivity contribution is 5.23. The number of tetrazole rings is 1. The van der Waals surface area contributed by atoms with E-state index in [4.69, 9.17) is 0 Å². The van der Waals surface area contributed by atoms with E-state index in [-0.39, 0.29) is 0 Å². The molecule has 1 aliphatic carbocycles. The van der Waals surface area contributed by atoms with Crippen LogP contribution in [0.2, 0.25) is 0 Å². The van der Waals surface area contributed by atoms with Crippen molar-refractivity contribution < 1.29 is 0 Å². The van der Waals surface area contributed by atoms with E-state index in [1.165, 1.54) is 25.7 Å². The third-order valence-electron chi connectivity index (χ3n) is 3.16. The number of anilines is 1. The topological polar surface area (TPSA) is 55.6 Å². The van der Waals surface area contributed by atoms with Gasteiger partial charge in [-0.1, -0.05) is 25.4 Å². The second-order valence-electron chi connectivity index (χ2n) is 5.23. The fourth-order valence-corrected chi connectivity index (χ4v) is 2.36. The van der Waals surface area contributed by atoms with Crippen molar-refractivity contribution in [3.05, 3.63) is 0 Å². The summed E-state index contributed by atoms with van der Waals surface area (Å²) in [5.41, 5.74) is 0.446. The number of aryl methyl sites for hydroxylation is 1. The summed E-state index contributed by atoms with van der Waals surface area (Å²) in [4.78, 5) is 0. The summed E-state index contributed by atoms with van der Waals surface area (Å²) in [5, 5.41) is 14.8. The van der Waals surface area contributed by atoms with E-state index in [9.17, 15) is 0 Å². The largest absolute Gasteiger partial charge is 0.350 e. The van der Waals surface area contributed by atoms with Gasteiger partial charge in [-0.25, -0.2) is 4.68 Å². The molecule has 1 unspecified atom stereocenters. The lowest BCUT2D eigenvalue weighted by Gasteiger charge is -2.35. The average Bonchev–Trinajstić information content (AvgIpc) is 2.50. The molecule has 0 radical (unpaired) electrons. The maximum Gasteiger partial charge on any atom is 0.242 e. The Labute approximate surface area is 90.2 Å². The molecule has 1 saturated carbocycles. The zero-order valence-corrected chi connectivity index (χ0v) is 9.69. The molecule has 0 bridgehead atoms. The quantitative estimate of drug-likeness (QED) is 0.803. The van der Waals surface area contributed by atoms with Gasteiger partial charge < -0.3 is 5.32 Å². The van der Waals surface area contributed by atoms with Crippen LogP contribution < -0.4 is 5.32 Å². The van der Waals surface area contributed by atoms with Crippen LogP contribution in [0, 0.1) is 5.41 Å². The fourth-order valence-electron chi connectivity index (χ4n) is 2.36. The lowest BCUT2D eigenvalue weighted by Crippen LogP contribution is -2.32. The molecular weight excluding hydrogens is 190 g/mol. The minimum Gasteiger partial charge on any atom is -0.350 e. The van der Waals surface area contributed by atoms with Gasteiger partial charge in [-0.05, 0) is 35.1 Å². The van der Waals surface area contributed by atoms with Crippen molar-refractivity contribution in [3.8, 4) is 0 Å². The van der Waals surface area contributed by atoms with E-state index in [0.29, 0.717) is 11.5 Å². The number of nitrogens with zero attached hydrogens (tertiary/aromatic N) is 4. The van der Waals surface area contributed by atoms with Gasteiger partial charge >= 0.3 is 0 Å². The zero-order valence-electron chi connectivity index (χ0n) is 9.69. The standard InChI is InChI=1S/C10H19N5/c1-10(2)6-4-5-8(7-10)11-9-12-13-14-15(9)3/h8H,4-7H2,1-3H3,(H,11,12,14). The molecular formula is C10H19N5. The highest BCUT2D eigenvalue weighted by atomic mass is 15.6. The number of hydrogen-bond acceptors (Lipinski definition) is 4. The predicted octanol–water partition coefficient (Wildman–Crippen LogP) is 1.59. The highest BCUT2D eigenvalue weighted by Crippen LogP contribution is 2.35. The van der Waals surface area contributed by atoms with E-state index >= 15 is 0 Å². The molecule has 0 amide bonds. The van der Waals surface area contributed by atoms with Crippen LogP contribution in [0.4, 0.5) is 5.95 Å². The van der Waals surface area contributed by atoms with E-state index in [2.05, 4.69) is 34.7 Å². The van der Waals surface area contributed by atoms with Crippen LogP contribution in [0.5, 0.6) is 0 Å². The second kappa shape index (κ2) is 3.79. The van der Waals surface area contributed by atoms with Gasteiger partial charge in [-0.3, -0.25) is 0 Å². The van der Waals surface area contributed by atoms with Crippen molar-refractivity contribution in [1.29, 1.82) is 0 Å². The summed E-state index contributed by atoms with van der Waals surface area (Å²) in [6.07, 6.45) is 5.02. The molecule has 15 heavy (non-hydrogen) atoms. The van der Waals surface area contributed by atoms with E-state index in [1.54, 1.807) is 4.68 Å². The van der Waals surface area contributed by atoms with Gasteiger partial charge in [0.1, 0.15) is 0 Å². The minimum atomic E-state index is 0.446. The van der Waals surface area contributed by atoms with Crippen molar-refractivity contribution in [3.63, 3.8) is 0 Å². The average molecular weight is 209 g/mol. The number of aromatic nitrogens is 4. The Morgan fingerprint density at radius 1 is 1.47 bits per heavy atom. The zero-order chi connectivity index (χ0) is 10.9. The van der Waals surface area contributed by atoms with Gasteiger partial charge in [0.2, 0.25) is 5.95 Å². The Morgan fingerprint density at radius 3 is 2.87 bits per heavy atom. The van der Waals surface area contributed by atoms with Crippen LogP contribution in [0.3, 0.4) is 0 Å². The Bertz CT molecular complexity index is 330. The first-order valence-electron chi connectivity index (χ1n) is 5.56. The van der Waals surface area contributed by atoms with Crippen LogP contribution in [-0.2, 0) is 7.05 Å². The van der Waals surface area contributed by atoms with E-state index < -0.39 is 0 Å². The van der Waals surface area contributed by atoms with Crippen molar-refractivity contribution in [1.82, 2.24) is 20.2 Å². The molecule has 0 aliphatic heterocycles. The molecule has 0 aromatic carbocycles. The Kier molecular flexibility index (Phi) is 2.63. The molecule has 5 nitrogen and oxygen atoms in total. The maximum atomic E-state index is 3.95. The molecule has 1 heterocycles. The fraction of sp³-hybridized carbons (Fsp3) is 0.900. The van der Waals surface area contributed by atoms with Gasteiger partial charge in [0.25, 0.3) is 0 Å². The molecule has 5 heteroatoms. The van der Waals surface area contributed by atoms with E-state index in [0.717, 1.165) is 5.95 Å². The van der Waals surface area contributed by atoms with Crippen LogP contribution in [-0.4, -0.2) is 26.2 Å². The molecule has 1 aliphatic rings. The van der Waals surface area contributed by atoms with Crippen LogP contribution in [0.1, 0.15) is 39.5 Å². The molecule has 0 spiro atoms. The molecule has 1 N–H and O–H groups in total. The summed E-state index contributed by atoms with van der Waals surface area (Å²) in [6.45, 7) is 4.66.